The number of pyridine rings is 1. The summed E-state index contributed by atoms with van der Waals surface area (Å²) in [7, 11) is 0. The molecule has 1 amide bonds. The quantitative estimate of drug-likeness (QED) is 0.787. The summed E-state index contributed by atoms with van der Waals surface area (Å²) < 4.78 is 41.0. The van der Waals surface area contributed by atoms with Crippen molar-refractivity contribution >= 4 is 11.6 Å². The van der Waals surface area contributed by atoms with Gasteiger partial charge < -0.3 is 15.0 Å². The number of nitriles is 1. The second-order valence-corrected chi connectivity index (χ2v) is 6.15. The van der Waals surface area contributed by atoms with Gasteiger partial charge >= 0.3 is 6.18 Å². The van der Waals surface area contributed by atoms with Crippen molar-refractivity contribution in [1.29, 1.82) is 5.26 Å². The van der Waals surface area contributed by atoms with Crippen molar-refractivity contribution in [1.82, 2.24) is 4.98 Å². The molecule has 1 heterocycles. The van der Waals surface area contributed by atoms with Gasteiger partial charge in [-0.15, -0.1) is 0 Å². The molecule has 9 heteroatoms. The molecular formula is C19H18F3N3O3. The summed E-state index contributed by atoms with van der Waals surface area (Å²) >= 11 is 0. The smallest absolute Gasteiger partial charge is 0.422 e. The maximum Gasteiger partial charge on any atom is 0.422 e. The number of amides is 1. The van der Waals surface area contributed by atoms with Gasteiger partial charge in [-0.1, -0.05) is 0 Å². The van der Waals surface area contributed by atoms with Crippen LogP contribution in [0.25, 0.3) is 0 Å². The first-order valence-electron chi connectivity index (χ1n) is 8.32. The fourth-order valence-electron chi connectivity index (χ4n) is 2.68. The molecule has 28 heavy (non-hydrogen) atoms. The van der Waals surface area contributed by atoms with Gasteiger partial charge in [-0.05, 0) is 55.7 Å². The molecule has 0 spiro atoms. The summed E-state index contributed by atoms with van der Waals surface area (Å²) in [5.41, 5.74) is 1.84. The number of carbonyl (C=O) groups excluding carboxylic acids is 1. The van der Waals surface area contributed by atoms with E-state index in [9.17, 15) is 22.8 Å². The summed E-state index contributed by atoms with van der Waals surface area (Å²) in [6, 6.07) is 7.39. The molecule has 0 aliphatic heterocycles. The fourth-order valence-corrected chi connectivity index (χ4v) is 2.68. The minimum absolute atomic E-state index is 0.0236. The number of hydrogen-bond acceptors (Lipinski definition) is 4. The fraction of sp³-hybridized carbons (Fsp3) is 0.316. The van der Waals surface area contributed by atoms with Gasteiger partial charge in [0.25, 0.3) is 5.56 Å². The highest BCUT2D eigenvalue weighted by molar-refractivity contribution is 5.90. The summed E-state index contributed by atoms with van der Waals surface area (Å²) in [5, 5.41) is 11.7. The van der Waals surface area contributed by atoms with Crippen molar-refractivity contribution in [2.75, 3.05) is 11.9 Å². The number of aryl methyl sites for hydroxylation is 1. The molecule has 148 valence electrons. The SMILES string of the molecule is Cc1[nH]c(=O)c(C#N)c(C)c1CCC(=O)Nc1ccc(OCC(F)(F)F)cc1. The number of halogens is 3. The number of nitrogens with zero attached hydrogens (tertiary/aromatic N) is 1. The van der Waals surface area contributed by atoms with Crippen LogP contribution in [-0.2, 0) is 11.2 Å². The van der Waals surface area contributed by atoms with Crippen molar-refractivity contribution in [2.24, 2.45) is 0 Å². The Labute approximate surface area is 159 Å². The highest BCUT2D eigenvalue weighted by Crippen LogP contribution is 2.21. The molecular weight excluding hydrogens is 375 g/mol. The molecule has 0 saturated heterocycles. The number of carbonyl (C=O) groups is 1. The van der Waals surface area contributed by atoms with Crippen LogP contribution in [0.15, 0.2) is 29.1 Å². The van der Waals surface area contributed by atoms with Crippen molar-refractivity contribution in [3.05, 3.63) is 57.0 Å². The van der Waals surface area contributed by atoms with Crippen LogP contribution in [0.1, 0.15) is 28.8 Å². The number of hydrogen-bond donors (Lipinski definition) is 2. The van der Waals surface area contributed by atoms with Crippen LogP contribution in [0.5, 0.6) is 5.75 Å². The Kier molecular flexibility index (Phi) is 6.46. The zero-order chi connectivity index (χ0) is 20.9. The van der Waals surface area contributed by atoms with Gasteiger partial charge in [0.15, 0.2) is 6.61 Å². The highest BCUT2D eigenvalue weighted by atomic mass is 19.4. The second kappa shape index (κ2) is 8.61. The molecule has 0 aliphatic carbocycles. The van der Waals surface area contributed by atoms with E-state index in [1.807, 2.05) is 6.07 Å². The van der Waals surface area contributed by atoms with Crippen LogP contribution in [0.3, 0.4) is 0 Å². The molecule has 1 aromatic carbocycles. The topological polar surface area (TPSA) is 95.0 Å². The zero-order valence-electron chi connectivity index (χ0n) is 15.2. The third-order valence-corrected chi connectivity index (χ3v) is 4.06. The number of H-pyrrole nitrogens is 1. The van der Waals surface area contributed by atoms with Gasteiger partial charge in [0.05, 0.1) is 0 Å². The molecule has 1 aromatic heterocycles. The van der Waals surface area contributed by atoms with Gasteiger partial charge in [-0.2, -0.15) is 18.4 Å². The van der Waals surface area contributed by atoms with Crippen molar-refractivity contribution < 1.29 is 22.7 Å². The first kappa shape index (κ1) is 21.0. The lowest BCUT2D eigenvalue weighted by molar-refractivity contribution is -0.153. The van der Waals surface area contributed by atoms with Crippen molar-refractivity contribution in [3.8, 4) is 11.8 Å². The van der Waals surface area contributed by atoms with Crippen molar-refractivity contribution in [2.45, 2.75) is 32.9 Å². The van der Waals surface area contributed by atoms with E-state index in [2.05, 4.69) is 15.0 Å². The Hall–Kier alpha value is -3.28. The van der Waals surface area contributed by atoms with E-state index >= 15 is 0 Å². The van der Waals surface area contributed by atoms with E-state index in [4.69, 9.17) is 5.26 Å². The van der Waals surface area contributed by atoms with E-state index in [0.717, 1.165) is 5.56 Å². The zero-order valence-corrected chi connectivity index (χ0v) is 15.2. The lowest BCUT2D eigenvalue weighted by Crippen LogP contribution is -2.19. The molecule has 2 N–H and O–H groups in total. The first-order chi connectivity index (χ1) is 13.1. The summed E-state index contributed by atoms with van der Waals surface area (Å²) in [4.78, 5) is 26.5. The number of alkyl halides is 3. The van der Waals surface area contributed by atoms with Crippen LogP contribution >= 0.6 is 0 Å². The Morgan fingerprint density at radius 3 is 2.46 bits per heavy atom. The van der Waals surface area contributed by atoms with E-state index in [1.54, 1.807) is 13.8 Å². The Morgan fingerprint density at radius 2 is 1.89 bits per heavy atom. The first-order valence-corrected chi connectivity index (χ1v) is 8.32. The molecule has 0 atom stereocenters. The number of anilines is 1. The molecule has 0 bridgehead atoms. The normalized spacial score (nSPS) is 11.0. The molecule has 0 fully saturated rings. The van der Waals surface area contributed by atoms with Crippen LogP contribution in [-0.4, -0.2) is 23.7 Å². The molecule has 2 rings (SSSR count). The van der Waals surface area contributed by atoms with Gasteiger partial charge in [-0.3, -0.25) is 9.59 Å². The molecule has 0 radical (unpaired) electrons. The number of benzene rings is 1. The minimum Gasteiger partial charge on any atom is -0.484 e. The monoisotopic (exact) mass is 393 g/mol. The van der Waals surface area contributed by atoms with Gasteiger partial charge in [0.2, 0.25) is 5.91 Å². The highest BCUT2D eigenvalue weighted by Gasteiger charge is 2.28. The number of rotatable bonds is 6. The van der Waals surface area contributed by atoms with Crippen LogP contribution in [0.2, 0.25) is 0 Å². The summed E-state index contributed by atoms with van der Waals surface area (Å²) in [6.07, 6.45) is -4.00. The Morgan fingerprint density at radius 1 is 1.25 bits per heavy atom. The standard InChI is InChI=1S/C19H18F3N3O3/c1-11-15(12(2)24-18(27)16(11)9-23)7-8-17(26)25-13-3-5-14(6-4-13)28-10-19(20,21)22/h3-6H,7-8,10H2,1-2H3,(H,24,27)(H,25,26). The van der Waals surface area contributed by atoms with Gasteiger partial charge in [0.1, 0.15) is 17.4 Å². The number of ether oxygens (including phenoxy) is 1. The maximum absolute atomic E-state index is 12.1. The van der Waals surface area contributed by atoms with Crippen LogP contribution < -0.4 is 15.6 Å². The van der Waals surface area contributed by atoms with Crippen molar-refractivity contribution in [3.63, 3.8) is 0 Å². The lowest BCUT2D eigenvalue weighted by Gasteiger charge is -2.12. The van der Waals surface area contributed by atoms with Crippen LogP contribution in [0, 0.1) is 25.2 Å². The maximum atomic E-state index is 12.1. The van der Waals surface area contributed by atoms with E-state index in [1.165, 1.54) is 24.3 Å². The number of nitrogens with one attached hydrogen (secondary N) is 2. The number of aromatic amines is 1. The predicted octanol–water partition coefficient (Wildman–Crippen LogP) is 3.38. The summed E-state index contributed by atoms with van der Waals surface area (Å²) in [5.74, 6) is -0.272. The molecule has 0 aliphatic rings. The third kappa shape index (κ3) is 5.61. The van der Waals surface area contributed by atoms with Gasteiger partial charge in [-0.25, -0.2) is 0 Å². The minimum atomic E-state index is -4.42. The molecule has 2 aromatic rings. The van der Waals surface area contributed by atoms with E-state index < -0.39 is 18.3 Å². The van der Waals surface area contributed by atoms with Crippen LogP contribution in [0.4, 0.5) is 18.9 Å². The second-order valence-electron chi connectivity index (χ2n) is 6.15. The largest absolute Gasteiger partial charge is 0.484 e. The third-order valence-electron chi connectivity index (χ3n) is 4.06. The molecule has 0 saturated carbocycles. The molecule has 6 nitrogen and oxygen atoms in total. The average molecular weight is 393 g/mol. The Balaban J connectivity index is 1.97. The van der Waals surface area contributed by atoms with E-state index in [-0.39, 0.29) is 23.6 Å². The Bertz CT molecular complexity index is 958. The lowest BCUT2D eigenvalue weighted by atomic mass is 9.99. The predicted molar refractivity (Wildman–Crippen MR) is 96.2 cm³/mol. The number of aromatic nitrogens is 1. The average Bonchev–Trinajstić information content (AvgIpc) is 2.60. The van der Waals surface area contributed by atoms with E-state index in [0.29, 0.717) is 23.4 Å². The van der Waals surface area contributed by atoms with Gasteiger partial charge in [0, 0.05) is 17.8 Å². The molecule has 0 unspecified atom stereocenters. The summed E-state index contributed by atoms with van der Waals surface area (Å²) in [6.45, 7) is 1.97.